The zero-order valence-electron chi connectivity index (χ0n) is 36.4. The lowest BCUT2D eigenvalue weighted by Crippen LogP contribution is -1.94. The molecule has 0 aliphatic carbocycles. The van der Waals surface area contributed by atoms with Crippen molar-refractivity contribution in [3.63, 3.8) is 0 Å². The molecule has 0 atom stereocenters. The minimum absolute atomic E-state index is 1.16. The molecule has 0 unspecified atom stereocenters. The smallest absolute Gasteiger partial charge is 0.00139 e. The van der Waals surface area contributed by atoms with Gasteiger partial charge in [-0.1, -0.05) is 267 Å². The van der Waals surface area contributed by atoms with Crippen molar-refractivity contribution in [3.05, 3.63) is 266 Å². The maximum Gasteiger partial charge on any atom is -0.00139 e. The minimum atomic E-state index is 1.16. The van der Waals surface area contributed by atoms with Crippen molar-refractivity contribution in [3.8, 4) is 66.8 Å². The Morgan fingerprint density at radius 1 is 0.182 bits per heavy atom. The second-order valence-electron chi connectivity index (χ2n) is 17.0. The molecule has 0 bridgehead atoms. The third-order valence-electron chi connectivity index (χ3n) is 13.3. The SMILES string of the molecule is C(=Cc1ccccc1-c1cccc2c(-c3ccccc3)c3ccccc3c(-c3ccccc3)c12)c1ccccc1-c1cccc2c(-c3ccccc3)c3ccccc3c(-c3ccccc3)c12. The fourth-order valence-electron chi connectivity index (χ4n) is 10.5. The first-order chi connectivity index (χ1) is 32.8. The van der Waals surface area contributed by atoms with E-state index in [0.717, 1.165) is 11.1 Å². The lowest BCUT2D eigenvalue weighted by molar-refractivity contribution is 1.60. The van der Waals surface area contributed by atoms with Gasteiger partial charge in [0.2, 0.25) is 0 Å². The Morgan fingerprint density at radius 3 is 0.803 bits per heavy atom. The molecule has 12 aromatic rings. The second-order valence-corrected chi connectivity index (χ2v) is 17.0. The Labute approximate surface area is 386 Å². The van der Waals surface area contributed by atoms with Crippen LogP contribution in [0.4, 0.5) is 0 Å². The average Bonchev–Trinajstić information content (AvgIpc) is 3.39. The molecule has 0 heteroatoms. The number of benzene rings is 12. The Hall–Kier alpha value is -8.58. The minimum Gasteiger partial charge on any atom is -0.0622 e. The molecule has 308 valence electrons. The van der Waals surface area contributed by atoms with Gasteiger partial charge in [0, 0.05) is 0 Å². The third-order valence-corrected chi connectivity index (χ3v) is 13.3. The Bertz CT molecular complexity index is 3520. The molecule has 0 amide bonds. The normalized spacial score (nSPS) is 11.6. The van der Waals surface area contributed by atoms with Crippen LogP contribution >= 0.6 is 0 Å². The molecule has 0 aliphatic heterocycles. The van der Waals surface area contributed by atoms with E-state index in [4.69, 9.17) is 0 Å². The van der Waals surface area contributed by atoms with Crippen molar-refractivity contribution in [2.75, 3.05) is 0 Å². The van der Waals surface area contributed by atoms with Crippen molar-refractivity contribution in [1.82, 2.24) is 0 Å². The molecule has 0 fully saturated rings. The predicted octanol–water partition coefficient (Wildman–Crippen LogP) is 18.5. The number of rotatable bonds is 8. The van der Waals surface area contributed by atoms with Gasteiger partial charge in [0.15, 0.2) is 0 Å². The van der Waals surface area contributed by atoms with E-state index in [-0.39, 0.29) is 0 Å². The highest BCUT2D eigenvalue weighted by molar-refractivity contribution is 6.26. The van der Waals surface area contributed by atoms with Crippen LogP contribution in [0.5, 0.6) is 0 Å². The van der Waals surface area contributed by atoms with E-state index in [1.54, 1.807) is 0 Å². The first-order valence-corrected chi connectivity index (χ1v) is 22.9. The van der Waals surface area contributed by atoms with Crippen LogP contribution in [0.2, 0.25) is 0 Å². The molecule has 0 nitrogen and oxygen atoms in total. The van der Waals surface area contributed by atoms with E-state index in [1.165, 1.54) is 110 Å². The number of hydrogen-bond donors (Lipinski definition) is 0. The van der Waals surface area contributed by atoms with Crippen LogP contribution in [0.3, 0.4) is 0 Å². The molecule has 0 saturated carbocycles. The summed E-state index contributed by atoms with van der Waals surface area (Å²) in [7, 11) is 0. The van der Waals surface area contributed by atoms with Crippen LogP contribution in [0.15, 0.2) is 255 Å². The largest absolute Gasteiger partial charge is 0.0622 e. The lowest BCUT2D eigenvalue weighted by atomic mass is 9.82. The molecule has 0 heterocycles. The fraction of sp³-hybridized carbons (Fsp3) is 0. The van der Waals surface area contributed by atoms with E-state index in [0.29, 0.717) is 0 Å². The quantitative estimate of drug-likeness (QED) is 0.106. The number of fused-ring (bicyclic) bond motifs is 4. The summed E-state index contributed by atoms with van der Waals surface area (Å²) in [5.41, 5.74) is 17.0. The van der Waals surface area contributed by atoms with Gasteiger partial charge in [0.05, 0.1) is 0 Å². The molecule has 0 radical (unpaired) electrons. The Kier molecular flexibility index (Phi) is 9.97. The van der Waals surface area contributed by atoms with Gasteiger partial charge in [-0.15, -0.1) is 0 Å². The summed E-state index contributed by atoms with van der Waals surface area (Å²) in [6.07, 6.45) is 4.64. The molecular formula is C66H44. The zero-order valence-corrected chi connectivity index (χ0v) is 36.4. The van der Waals surface area contributed by atoms with Gasteiger partial charge in [-0.3, -0.25) is 0 Å². The Balaban J connectivity index is 1.08. The highest BCUT2D eigenvalue weighted by Gasteiger charge is 2.22. The van der Waals surface area contributed by atoms with Crippen LogP contribution < -0.4 is 0 Å². The highest BCUT2D eigenvalue weighted by Crippen LogP contribution is 2.49. The summed E-state index contributed by atoms with van der Waals surface area (Å²) in [4.78, 5) is 0. The van der Waals surface area contributed by atoms with Gasteiger partial charge in [0.1, 0.15) is 0 Å². The van der Waals surface area contributed by atoms with Gasteiger partial charge >= 0.3 is 0 Å². The first kappa shape index (κ1) is 39.0. The summed E-state index contributed by atoms with van der Waals surface area (Å²) in [6, 6.07) is 93.0. The molecule has 66 heavy (non-hydrogen) atoms. The van der Waals surface area contributed by atoms with Crippen LogP contribution in [-0.2, 0) is 0 Å². The summed E-state index contributed by atoms with van der Waals surface area (Å²) < 4.78 is 0. The first-order valence-electron chi connectivity index (χ1n) is 22.9. The van der Waals surface area contributed by atoms with E-state index in [2.05, 4.69) is 267 Å². The van der Waals surface area contributed by atoms with Crippen LogP contribution in [-0.4, -0.2) is 0 Å². The van der Waals surface area contributed by atoms with E-state index in [1.807, 2.05) is 0 Å². The van der Waals surface area contributed by atoms with Gasteiger partial charge < -0.3 is 0 Å². The summed E-state index contributed by atoms with van der Waals surface area (Å²) in [5.74, 6) is 0. The standard InChI is InChI=1S/C66H44/c1-5-25-47(26-6-1)61-55-35-17-19-37-57(55)63(49-29-9-3-10-30-49)65-53(39-21-41-59(61)65)51-33-15-13-23-45(51)43-44-46-24-14-16-34-52(46)54-40-22-42-60-62(48-27-7-2-8-28-48)56-36-18-20-38-58(56)64(66(54)60)50-31-11-4-12-32-50/h1-44H. The topological polar surface area (TPSA) is 0 Å². The monoisotopic (exact) mass is 836 g/mol. The summed E-state index contributed by atoms with van der Waals surface area (Å²) >= 11 is 0. The molecule has 0 aromatic heterocycles. The van der Waals surface area contributed by atoms with Crippen molar-refractivity contribution in [2.45, 2.75) is 0 Å². The highest BCUT2D eigenvalue weighted by atomic mass is 14.2. The molecule has 0 aliphatic rings. The average molecular weight is 837 g/mol. The molecule has 0 saturated heterocycles. The summed E-state index contributed by atoms with van der Waals surface area (Å²) in [6.45, 7) is 0. The third kappa shape index (κ3) is 6.71. The molecular weight excluding hydrogens is 793 g/mol. The maximum atomic E-state index is 2.32. The van der Waals surface area contributed by atoms with Gasteiger partial charge in [-0.2, -0.15) is 0 Å². The maximum absolute atomic E-state index is 2.32. The van der Waals surface area contributed by atoms with E-state index < -0.39 is 0 Å². The van der Waals surface area contributed by atoms with E-state index in [9.17, 15) is 0 Å². The van der Waals surface area contributed by atoms with Gasteiger partial charge in [-0.25, -0.2) is 0 Å². The molecule has 0 N–H and O–H groups in total. The van der Waals surface area contributed by atoms with Crippen LogP contribution in [0.1, 0.15) is 11.1 Å². The number of hydrogen-bond acceptors (Lipinski definition) is 0. The lowest BCUT2D eigenvalue weighted by Gasteiger charge is -2.21. The van der Waals surface area contributed by atoms with Crippen molar-refractivity contribution < 1.29 is 0 Å². The predicted molar refractivity (Wildman–Crippen MR) is 284 cm³/mol. The Morgan fingerprint density at radius 2 is 0.439 bits per heavy atom. The van der Waals surface area contributed by atoms with Gasteiger partial charge in [-0.05, 0) is 121 Å². The van der Waals surface area contributed by atoms with Crippen molar-refractivity contribution in [1.29, 1.82) is 0 Å². The molecule has 12 aromatic carbocycles. The van der Waals surface area contributed by atoms with E-state index >= 15 is 0 Å². The molecule has 12 rings (SSSR count). The summed E-state index contributed by atoms with van der Waals surface area (Å²) in [5, 5.41) is 10.0. The second kappa shape index (κ2) is 16.8. The van der Waals surface area contributed by atoms with Crippen molar-refractivity contribution >= 4 is 55.2 Å². The molecule has 0 spiro atoms. The zero-order chi connectivity index (χ0) is 43.8. The van der Waals surface area contributed by atoms with Crippen LogP contribution in [0.25, 0.3) is 122 Å². The van der Waals surface area contributed by atoms with Gasteiger partial charge in [0.25, 0.3) is 0 Å². The van der Waals surface area contributed by atoms with Crippen LogP contribution in [0, 0.1) is 0 Å². The van der Waals surface area contributed by atoms with Crippen molar-refractivity contribution in [2.24, 2.45) is 0 Å². The fourth-order valence-corrected chi connectivity index (χ4v) is 10.5.